The molecule has 0 saturated carbocycles. The number of pyridine rings is 1. The Morgan fingerprint density at radius 2 is 1.63 bits per heavy atom. The van der Waals surface area contributed by atoms with E-state index in [1.807, 2.05) is 0 Å². The standard InChI is InChI=1S/C20H16Cl2F2N2O/c1-3-26-19(18-16(23)8-11(25-2)9-17(18)24)13(10-15(22)20(26)27)12-6-4-5-7-14(12)21/h4-10,25H,3H2,1-2H3/p+1. The highest BCUT2D eigenvalue weighted by Gasteiger charge is 2.24. The molecule has 3 rings (SSSR count). The Bertz CT molecular complexity index is 1060. The zero-order chi connectivity index (χ0) is 19.7. The number of aromatic nitrogens is 1. The number of halogens is 4. The Kier molecular flexibility index (Phi) is 5.65. The van der Waals surface area contributed by atoms with E-state index >= 15 is 0 Å². The van der Waals surface area contributed by atoms with Gasteiger partial charge in [0.05, 0.1) is 18.3 Å². The summed E-state index contributed by atoms with van der Waals surface area (Å²) in [5.74, 6) is -1.53. The first-order valence-electron chi connectivity index (χ1n) is 8.36. The maximum absolute atomic E-state index is 14.9. The van der Waals surface area contributed by atoms with Gasteiger partial charge in [0.15, 0.2) is 0 Å². The Balaban J connectivity index is 2.48. The van der Waals surface area contributed by atoms with Crippen molar-refractivity contribution in [1.29, 1.82) is 0 Å². The lowest BCUT2D eigenvalue weighted by atomic mass is 9.97. The summed E-state index contributed by atoms with van der Waals surface area (Å²) in [6.45, 7) is 1.90. The van der Waals surface area contributed by atoms with Gasteiger partial charge in [0, 0.05) is 34.8 Å². The van der Waals surface area contributed by atoms with Crippen molar-refractivity contribution >= 4 is 28.9 Å². The number of nitrogens with two attached hydrogens (primary N) is 1. The lowest BCUT2D eigenvalue weighted by Gasteiger charge is -2.19. The lowest BCUT2D eigenvalue weighted by Crippen LogP contribution is -2.72. The second-order valence-electron chi connectivity index (χ2n) is 5.93. The number of benzene rings is 2. The molecule has 2 N–H and O–H groups in total. The molecule has 0 saturated heterocycles. The fraction of sp³-hybridized carbons (Fsp3) is 0.150. The Hall–Kier alpha value is -2.21. The van der Waals surface area contributed by atoms with Gasteiger partial charge in [-0.3, -0.25) is 4.79 Å². The lowest BCUT2D eigenvalue weighted by molar-refractivity contribution is -0.539. The van der Waals surface area contributed by atoms with Gasteiger partial charge in [-0.05, 0) is 19.1 Å². The van der Waals surface area contributed by atoms with E-state index in [-0.39, 0.29) is 22.8 Å². The van der Waals surface area contributed by atoms with Crippen molar-refractivity contribution in [2.45, 2.75) is 13.5 Å². The average molecular weight is 410 g/mol. The van der Waals surface area contributed by atoms with E-state index in [1.165, 1.54) is 22.8 Å². The number of nitrogens with zero attached hydrogens (tertiary/aromatic N) is 1. The molecule has 0 bridgehead atoms. The summed E-state index contributed by atoms with van der Waals surface area (Å²) in [5.41, 5.74) is 0.632. The second-order valence-corrected chi connectivity index (χ2v) is 6.75. The third kappa shape index (κ3) is 3.50. The maximum Gasteiger partial charge on any atom is 0.269 e. The smallest absolute Gasteiger partial charge is 0.269 e. The van der Waals surface area contributed by atoms with Crippen LogP contribution in [0.1, 0.15) is 6.92 Å². The van der Waals surface area contributed by atoms with Crippen LogP contribution in [0, 0.1) is 11.6 Å². The van der Waals surface area contributed by atoms with Crippen LogP contribution in [0.5, 0.6) is 0 Å². The van der Waals surface area contributed by atoms with E-state index in [1.54, 1.807) is 43.6 Å². The highest BCUT2D eigenvalue weighted by molar-refractivity contribution is 6.34. The summed E-state index contributed by atoms with van der Waals surface area (Å²) in [4.78, 5) is 12.6. The third-order valence-electron chi connectivity index (χ3n) is 4.36. The van der Waals surface area contributed by atoms with E-state index in [2.05, 4.69) is 0 Å². The van der Waals surface area contributed by atoms with Gasteiger partial charge in [-0.15, -0.1) is 0 Å². The second kappa shape index (κ2) is 7.80. The summed E-state index contributed by atoms with van der Waals surface area (Å²) in [6.07, 6.45) is 0. The first-order chi connectivity index (χ1) is 12.9. The number of rotatable bonds is 4. The van der Waals surface area contributed by atoms with Gasteiger partial charge in [-0.2, -0.15) is 0 Å². The molecule has 3 aromatic rings. The van der Waals surface area contributed by atoms with Gasteiger partial charge in [0.2, 0.25) is 0 Å². The fourth-order valence-corrected chi connectivity index (χ4v) is 3.52. The van der Waals surface area contributed by atoms with E-state index in [0.717, 1.165) is 0 Å². The first kappa shape index (κ1) is 19.5. The molecule has 1 heterocycles. The van der Waals surface area contributed by atoms with Gasteiger partial charge in [-0.25, -0.2) is 8.78 Å². The van der Waals surface area contributed by atoms with Crippen LogP contribution in [-0.2, 0) is 6.54 Å². The Morgan fingerprint density at radius 1 is 1.00 bits per heavy atom. The molecule has 0 radical (unpaired) electrons. The van der Waals surface area contributed by atoms with Gasteiger partial charge in [-0.1, -0.05) is 41.4 Å². The maximum atomic E-state index is 14.9. The number of hydrogen-bond donors (Lipinski definition) is 1. The quantitative estimate of drug-likeness (QED) is 0.627. The summed E-state index contributed by atoms with van der Waals surface area (Å²) in [5, 5.41) is 1.94. The average Bonchev–Trinajstić information content (AvgIpc) is 2.64. The summed E-state index contributed by atoms with van der Waals surface area (Å²) < 4.78 is 31.0. The van der Waals surface area contributed by atoms with Crippen LogP contribution in [-0.4, -0.2) is 11.6 Å². The largest absolute Gasteiger partial charge is 0.316 e. The van der Waals surface area contributed by atoms with Crippen molar-refractivity contribution in [2.75, 3.05) is 7.05 Å². The van der Waals surface area contributed by atoms with E-state index in [9.17, 15) is 13.6 Å². The Morgan fingerprint density at radius 3 is 2.19 bits per heavy atom. The molecule has 27 heavy (non-hydrogen) atoms. The van der Waals surface area contributed by atoms with E-state index in [0.29, 0.717) is 21.8 Å². The summed E-state index contributed by atoms with van der Waals surface area (Å²) in [6, 6.07) is 10.7. The normalized spacial score (nSPS) is 11.0. The Labute approximate surface area is 165 Å². The van der Waals surface area contributed by atoms with Gasteiger partial charge in [0.25, 0.3) is 5.56 Å². The molecule has 0 unspecified atom stereocenters. The van der Waals surface area contributed by atoms with Gasteiger partial charge in [0.1, 0.15) is 22.3 Å². The van der Waals surface area contributed by atoms with Crippen LogP contribution in [0.4, 0.5) is 14.5 Å². The van der Waals surface area contributed by atoms with Crippen molar-refractivity contribution in [3.05, 3.63) is 74.5 Å². The molecule has 0 spiro atoms. The minimum Gasteiger partial charge on any atom is -0.316 e. The van der Waals surface area contributed by atoms with Crippen molar-refractivity contribution in [1.82, 2.24) is 4.57 Å². The van der Waals surface area contributed by atoms with E-state index in [4.69, 9.17) is 23.2 Å². The predicted octanol–water partition coefficient (Wildman–Crippen LogP) is 4.61. The molecule has 0 fully saturated rings. The molecular formula is C20H17Cl2F2N2O+. The molecule has 140 valence electrons. The minimum absolute atomic E-state index is 0.0464. The molecule has 0 amide bonds. The van der Waals surface area contributed by atoms with Crippen LogP contribution in [0.25, 0.3) is 22.4 Å². The molecule has 2 aromatic carbocycles. The van der Waals surface area contributed by atoms with Crippen molar-refractivity contribution in [3.8, 4) is 22.4 Å². The molecule has 3 nitrogen and oxygen atoms in total. The zero-order valence-electron chi connectivity index (χ0n) is 14.7. The molecule has 0 aliphatic heterocycles. The van der Waals surface area contributed by atoms with E-state index < -0.39 is 17.2 Å². The van der Waals surface area contributed by atoms with Crippen molar-refractivity contribution < 1.29 is 14.1 Å². The molecular weight excluding hydrogens is 393 g/mol. The highest BCUT2D eigenvalue weighted by Crippen LogP contribution is 2.39. The number of quaternary nitrogens is 1. The zero-order valence-corrected chi connectivity index (χ0v) is 16.2. The minimum atomic E-state index is -0.764. The van der Waals surface area contributed by atoms with Crippen LogP contribution >= 0.6 is 23.2 Å². The van der Waals surface area contributed by atoms with Crippen LogP contribution < -0.4 is 10.9 Å². The monoisotopic (exact) mass is 409 g/mol. The van der Waals surface area contributed by atoms with Crippen LogP contribution in [0.15, 0.2) is 47.3 Å². The van der Waals surface area contributed by atoms with Crippen LogP contribution in [0.3, 0.4) is 0 Å². The van der Waals surface area contributed by atoms with Crippen LogP contribution in [0.2, 0.25) is 10.0 Å². The molecule has 0 atom stereocenters. The predicted molar refractivity (Wildman–Crippen MR) is 105 cm³/mol. The fourth-order valence-electron chi connectivity index (χ4n) is 3.07. The molecule has 0 aliphatic rings. The van der Waals surface area contributed by atoms with Crippen molar-refractivity contribution in [3.63, 3.8) is 0 Å². The number of hydrogen-bond acceptors (Lipinski definition) is 1. The third-order valence-corrected chi connectivity index (χ3v) is 4.96. The molecule has 7 heteroatoms. The van der Waals surface area contributed by atoms with Gasteiger partial charge >= 0.3 is 0 Å². The van der Waals surface area contributed by atoms with Gasteiger partial charge < -0.3 is 9.88 Å². The molecule has 0 aliphatic carbocycles. The molecule has 1 aromatic heterocycles. The SMILES string of the molecule is CCn1c(-c2c(F)cc([NH2+]C)cc2F)c(-c2ccccc2Cl)cc(Cl)c1=O. The topological polar surface area (TPSA) is 38.6 Å². The summed E-state index contributed by atoms with van der Waals surface area (Å²) in [7, 11) is 1.69. The first-order valence-corrected chi connectivity index (χ1v) is 9.11. The summed E-state index contributed by atoms with van der Waals surface area (Å²) >= 11 is 12.4. The van der Waals surface area contributed by atoms with Crippen molar-refractivity contribution in [2.24, 2.45) is 0 Å². The highest BCUT2D eigenvalue weighted by atomic mass is 35.5.